The molecule has 7 nitrogen and oxygen atoms in total. The molecule has 1 aromatic heterocycles. The number of aryl methyl sites for hydroxylation is 2. The molecule has 0 saturated heterocycles. The Labute approximate surface area is 181 Å². The first-order chi connectivity index (χ1) is 15.1. The highest BCUT2D eigenvalue weighted by Crippen LogP contribution is 2.21. The highest BCUT2D eigenvalue weighted by molar-refractivity contribution is 6.03. The number of para-hydroxylation sites is 1. The van der Waals surface area contributed by atoms with Crippen molar-refractivity contribution in [2.75, 3.05) is 5.32 Å². The van der Waals surface area contributed by atoms with Gasteiger partial charge >= 0.3 is 0 Å². The number of carbonyl (C=O) groups excluding carboxylic acids is 2. The van der Waals surface area contributed by atoms with Gasteiger partial charge < -0.3 is 15.2 Å². The van der Waals surface area contributed by atoms with Crippen molar-refractivity contribution in [2.45, 2.75) is 51.5 Å². The number of rotatable bonds is 7. The minimum atomic E-state index is -0.212. The van der Waals surface area contributed by atoms with Crippen molar-refractivity contribution >= 4 is 17.5 Å². The monoisotopic (exact) mass is 418 g/mol. The maximum atomic E-state index is 12.6. The third kappa shape index (κ3) is 5.36. The molecule has 1 aliphatic rings. The van der Waals surface area contributed by atoms with Crippen LogP contribution < -0.4 is 10.6 Å². The Morgan fingerprint density at radius 1 is 1.06 bits per heavy atom. The molecule has 1 saturated carbocycles. The lowest BCUT2D eigenvalue weighted by molar-refractivity contribution is -0.116. The number of carbonyl (C=O) groups is 2. The smallest absolute Gasteiger partial charge is 0.253 e. The first-order valence-corrected chi connectivity index (χ1v) is 10.7. The summed E-state index contributed by atoms with van der Waals surface area (Å²) in [6, 6.07) is 15.1. The number of nitrogens with one attached hydrogen (secondary N) is 2. The fraction of sp³-hybridized carbons (Fsp3) is 0.333. The molecular formula is C24H26N4O3. The summed E-state index contributed by atoms with van der Waals surface area (Å²) in [5.41, 5.74) is 3.00. The van der Waals surface area contributed by atoms with Gasteiger partial charge in [-0.05, 0) is 31.9 Å². The third-order valence-electron chi connectivity index (χ3n) is 5.48. The number of hydrogen-bond donors (Lipinski definition) is 2. The molecule has 0 spiro atoms. The van der Waals surface area contributed by atoms with Crippen LogP contribution in [0, 0.1) is 6.92 Å². The van der Waals surface area contributed by atoms with Gasteiger partial charge in [-0.1, -0.05) is 60.0 Å². The maximum Gasteiger partial charge on any atom is 0.253 e. The Morgan fingerprint density at radius 2 is 1.81 bits per heavy atom. The van der Waals surface area contributed by atoms with E-state index in [1.807, 2.05) is 31.2 Å². The molecule has 31 heavy (non-hydrogen) atoms. The van der Waals surface area contributed by atoms with Gasteiger partial charge in [-0.3, -0.25) is 9.59 Å². The highest BCUT2D eigenvalue weighted by Gasteiger charge is 2.20. The van der Waals surface area contributed by atoms with Crippen LogP contribution in [0.1, 0.15) is 53.9 Å². The van der Waals surface area contributed by atoms with Crippen LogP contribution in [0.5, 0.6) is 0 Å². The summed E-state index contributed by atoms with van der Waals surface area (Å²) in [6.45, 7) is 2.01. The maximum absolute atomic E-state index is 12.6. The zero-order valence-corrected chi connectivity index (χ0v) is 17.6. The summed E-state index contributed by atoms with van der Waals surface area (Å²) < 4.78 is 5.28. The second kappa shape index (κ2) is 9.55. The summed E-state index contributed by atoms with van der Waals surface area (Å²) >= 11 is 0. The second-order valence-corrected chi connectivity index (χ2v) is 7.93. The minimum Gasteiger partial charge on any atom is -0.349 e. The first-order valence-electron chi connectivity index (χ1n) is 10.7. The van der Waals surface area contributed by atoms with Crippen molar-refractivity contribution in [3.8, 4) is 11.4 Å². The summed E-state index contributed by atoms with van der Waals surface area (Å²) in [6.07, 6.45) is 4.80. The van der Waals surface area contributed by atoms with Crippen molar-refractivity contribution in [1.82, 2.24) is 15.5 Å². The summed E-state index contributed by atoms with van der Waals surface area (Å²) in [5, 5.41) is 9.90. The van der Waals surface area contributed by atoms with E-state index in [9.17, 15) is 9.59 Å². The molecule has 0 bridgehead atoms. The van der Waals surface area contributed by atoms with Crippen LogP contribution in [0.3, 0.4) is 0 Å². The van der Waals surface area contributed by atoms with Crippen molar-refractivity contribution in [1.29, 1.82) is 0 Å². The topological polar surface area (TPSA) is 97.1 Å². The molecule has 160 valence electrons. The normalized spacial score (nSPS) is 13.8. The Morgan fingerprint density at radius 3 is 2.58 bits per heavy atom. The van der Waals surface area contributed by atoms with Gasteiger partial charge in [-0.2, -0.15) is 4.98 Å². The van der Waals surface area contributed by atoms with E-state index in [1.165, 1.54) is 0 Å². The first kappa shape index (κ1) is 20.8. The van der Waals surface area contributed by atoms with Gasteiger partial charge in [-0.15, -0.1) is 0 Å². The van der Waals surface area contributed by atoms with Crippen LogP contribution in [0.4, 0.5) is 5.69 Å². The Kier molecular flexibility index (Phi) is 6.40. The number of hydrogen-bond acceptors (Lipinski definition) is 5. The van der Waals surface area contributed by atoms with Crippen LogP contribution in [0.15, 0.2) is 53.1 Å². The lowest BCUT2D eigenvalue weighted by atomic mass is 10.1. The molecule has 0 atom stereocenters. The van der Waals surface area contributed by atoms with Crippen molar-refractivity contribution in [3.05, 3.63) is 65.5 Å². The quantitative estimate of drug-likeness (QED) is 0.597. The van der Waals surface area contributed by atoms with Crippen LogP contribution in [0.2, 0.25) is 0 Å². The van der Waals surface area contributed by atoms with Gasteiger partial charge in [0, 0.05) is 24.4 Å². The van der Waals surface area contributed by atoms with E-state index < -0.39 is 0 Å². The Bertz CT molecular complexity index is 1050. The van der Waals surface area contributed by atoms with E-state index in [0.29, 0.717) is 29.4 Å². The Balaban J connectivity index is 1.34. The lowest BCUT2D eigenvalue weighted by Crippen LogP contribution is -2.33. The van der Waals surface area contributed by atoms with E-state index in [4.69, 9.17) is 4.52 Å². The SMILES string of the molecule is Cc1ccc(-c2noc(CCC(=O)Nc3ccccc3C(=O)NC3CCCC3)n2)cc1. The fourth-order valence-corrected chi connectivity index (χ4v) is 3.73. The molecule has 1 fully saturated rings. The fourth-order valence-electron chi connectivity index (χ4n) is 3.73. The van der Waals surface area contributed by atoms with Crippen molar-refractivity contribution in [3.63, 3.8) is 0 Å². The molecule has 2 N–H and O–H groups in total. The average molecular weight is 418 g/mol. The number of amides is 2. The molecular weight excluding hydrogens is 392 g/mol. The molecule has 1 aliphatic carbocycles. The molecule has 2 aromatic carbocycles. The van der Waals surface area contributed by atoms with Crippen LogP contribution in [0.25, 0.3) is 11.4 Å². The molecule has 4 rings (SSSR count). The van der Waals surface area contributed by atoms with Crippen molar-refractivity contribution in [2.24, 2.45) is 0 Å². The molecule has 1 heterocycles. The number of benzene rings is 2. The number of anilines is 1. The summed E-state index contributed by atoms with van der Waals surface area (Å²) in [5.74, 6) is 0.543. The summed E-state index contributed by atoms with van der Waals surface area (Å²) in [7, 11) is 0. The zero-order chi connectivity index (χ0) is 21.6. The van der Waals surface area contributed by atoms with E-state index in [0.717, 1.165) is 36.8 Å². The standard InChI is InChI=1S/C24H26N4O3/c1-16-10-12-17(13-11-16)23-27-22(31-28-23)15-14-21(29)26-20-9-5-4-8-19(20)24(30)25-18-6-2-3-7-18/h4-5,8-13,18H,2-3,6-7,14-15H2,1H3,(H,25,30)(H,26,29). The van der Waals surface area contributed by atoms with Crippen LogP contribution in [-0.2, 0) is 11.2 Å². The van der Waals surface area contributed by atoms with Crippen LogP contribution in [-0.4, -0.2) is 28.0 Å². The predicted octanol–water partition coefficient (Wildman–Crippen LogP) is 4.29. The van der Waals surface area contributed by atoms with Gasteiger partial charge in [0.1, 0.15) is 0 Å². The van der Waals surface area contributed by atoms with Gasteiger partial charge in [0.05, 0.1) is 11.3 Å². The van der Waals surface area contributed by atoms with Gasteiger partial charge in [0.15, 0.2) is 0 Å². The van der Waals surface area contributed by atoms with E-state index >= 15 is 0 Å². The van der Waals surface area contributed by atoms with Gasteiger partial charge in [0.2, 0.25) is 17.6 Å². The van der Waals surface area contributed by atoms with Gasteiger partial charge in [0.25, 0.3) is 5.91 Å². The Hall–Kier alpha value is -3.48. The lowest BCUT2D eigenvalue weighted by Gasteiger charge is -2.15. The molecule has 0 aliphatic heterocycles. The number of aromatic nitrogens is 2. The second-order valence-electron chi connectivity index (χ2n) is 7.93. The molecule has 3 aromatic rings. The molecule has 2 amide bonds. The predicted molar refractivity (Wildman–Crippen MR) is 118 cm³/mol. The number of nitrogens with zero attached hydrogens (tertiary/aromatic N) is 2. The van der Waals surface area contributed by atoms with E-state index in [-0.39, 0.29) is 24.3 Å². The van der Waals surface area contributed by atoms with Crippen molar-refractivity contribution < 1.29 is 14.1 Å². The van der Waals surface area contributed by atoms with E-state index in [1.54, 1.807) is 24.3 Å². The zero-order valence-electron chi connectivity index (χ0n) is 17.6. The molecule has 0 radical (unpaired) electrons. The average Bonchev–Trinajstić information content (AvgIpc) is 3.45. The van der Waals surface area contributed by atoms with E-state index in [2.05, 4.69) is 20.8 Å². The van der Waals surface area contributed by atoms with Gasteiger partial charge in [-0.25, -0.2) is 0 Å². The minimum absolute atomic E-state index is 0.151. The largest absolute Gasteiger partial charge is 0.349 e. The highest BCUT2D eigenvalue weighted by atomic mass is 16.5. The third-order valence-corrected chi connectivity index (χ3v) is 5.48. The summed E-state index contributed by atoms with van der Waals surface area (Å²) in [4.78, 5) is 29.5. The molecule has 7 heteroatoms. The van der Waals surface area contributed by atoms with Crippen LogP contribution >= 0.6 is 0 Å². The molecule has 0 unspecified atom stereocenters.